The Labute approximate surface area is 171 Å². The standard InChI is InChI=1S/C22H19ClN.HI/c23-20-11-6-10-19(15-20)22-21-12-5-4-9-18(21)13-14-24(22)16-17-7-2-1-3-8-17;/h1-12,15H,13-14,16H2;1H/q+1;/p-1. The van der Waals surface area contributed by atoms with Crippen LogP contribution >= 0.6 is 11.6 Å². The molecular weight excluding hydrogens is 441 g/mol. The molecule has 3 aromatic carbocycles. The minimum atomic E-state index is 0. The van der Waals surface area contributed by atoms with E-state index in [2.05, 4.69) is 71.3 Å². The Kier molecular flexibility index (Phi) is 5.92. The molecule has 0 saturated heterocycles. The third-order valence-corrected chi connectivity index (χ3v) is 4.79. The van der Waals surface area contributed by atoms with Gasteiger partial charge in [0.25, 0.3) is 0 Å². The topological polar surface area (TPSA) is 3.01 Å². The average molecular weight is 460 g/mol. The molecule has 0 atom stereocenters. The lowest BCUT2D eigenvalue weighted by molar-refractivity contribution is -0.544. The van der Waals surface area contributed by atoms with Crippen LogP contribution < -0.4 is 24.0 Å². The van der Waals surface area contributed by atoms with Gasteiger partial charge in [-0.1, -0.05) is 66.2 Å². The van der Waals surface area contributed by atoms with Crippen molar-refractivity contribution >= 4 is 17.3 Å². The van der Waals surface area contributed by atoms with E-state index in [9.17, 15) is 0 Å². The first-order chi connectivity index (χ1) is 11.8. The predicted molar refractivity (Wildman–Crippen MR) is 100 cm³/mol. The fourth-order valence-electron chi connectivity index (χ4n) is 3.44. The quantitative estimate of drug-likeness (QED) is 0.416. The number of benzene rings is 3. The van der Waals surface area contributed by atoms with E-state index in [0.29, 0.717) is 0 Å². The van der Waals surface area contributed by atoms with E-state index in [1.807, 2.05) is 12.1 Å². The molecule has 4 rings (SSSR count). The Morgan fingerprint density at radius 3 is 2.40 bits per heavy atom. The number of hydrogen-bond acceptors (Lipinski definition) is 0. The van der Waals surface area contributed by atoms with Crippen LogP contribution in [0.1, 0.15) is 22.3 Å². The summed E-state index contributed by atoms with van der Waals surface area (Å²) >= 11 is 6.27. The monoisotopic (exact) mass is 459 g/mol. The van der Waals surface area contributed by atoms with Gasteiger partial charge in [0.15, 0.2) is 6.54 Å². The highest BCUT2D eigenvalue weighted by Crippen LogP contribution is 2.23. The Hall–Kier alpha value is -1.65. The second kappa shape index (κ2) is 8.15. The predicted octanol–water partition coefficient (Wildman–Crippen LogP) is 1.95. The van der Waals surface area contributed by atoms with Crippen molar-refractivity contribution in [2.75, 3.05) is 6.54 Å². The van der Waals surface area contributed by atoms with Crippen molar-refractivity contribution in [3.8, 4) is 0 Å². The Morgan fingerprint density at radius 2 is 1.60 bits per heavy atom. The van der Waals surface area contributed by atoms with Crippen molar-refractivity contribution in [2.45, 2.75) is 13.0 Å². The summed E-state index contributed by atoms with van der Waals surface area (Å²) in [5.74, 6) is 0. The summed E-state index contributed by atoms with van der Waals surface area (Å²) in [5.41, 5.74) is 6.53. The van der Waals surface area contributed by atoms with Crippen molar-refractivity contribution in [3.63, 3.8) is 0 Å². The first-order valence-electron chi connectivity index (χ1n) is 8.31. The highest BCUT2D eigenvalue weighted by molar-refractivity contribution is 6.31. The number of halogens is 2. The van der Waals surface area contributed by atoms with E-state index in [0.717, 1.165) is 24.5 Å². The molecule has 0 radical (unpaired) electrons. The lowest BCUT2D eigenvalue weighted by Crippen LogP contribution is -3.00. The van der Waals surface area contributed by atoms with Crippen LogP contribution in [0.3, 0.4) is 0 Å². The second-order valence-corrected chi connectivity index (χ2v) is 6.61. The maximum absolute atomic E-state index is 6.27. The Bertz CT molecular complexity index is 903. The van der Waals surface area contributed by atoms with E-state index in [1.54, 1.807) is 0 Å². The molecule has 0 bridgehead atoms. The molecule has 1 heterocycles. The van der Waals surface area contributed by atoms with E-state index in [-0.39, 0.29) is 24.0 Å². The van der Waals surface area contributed by atoms with Gasteiger partial charge in [0.05, 0.1) is 0 Å². The van der Waals surface area contributed by atoms with Crippen molar-refractivity contribution in [1.82, 2.24) is 0 Å². The van der Waals surface area contributed by atoms with Crippen molar-refractivity contribution < 1.29 is 28.6 Å². The normalized spacial score (nSPS) is 13.2. The highest BCUT2D eigenvalue weighted by Gasteiger charge is 2.27. The van der Waals surface area contributed by atoms with Crippen molar-refractivity contribution in [1.29, 1.82) is 0 Å². The van der Waals surface area contributed by atoms with Crippen LogP contribution in [0.4, 0.5) is 0 Å². The van der Waals surface area contributed by atoms with E-state index in [4.69, 9.17) is 11.6 Å². The molecule has 0 fully saturated rings. The zero-order chi connectivity index (χ0) is 16.4. The molecule has 0 spiro atoms. The molecule has 0 N–H and O–H groups in total. The maximum atomic E-state index is 6.27. The number of nitrogens with zero attached hydrogens (tertiary/aromatic N) is 1. The summed E-state index contributed by atoms with van der Waals surface area (Å²) in [6, 6.07) is 27.5. The van der Waals surface area contributed by atoms with Gasteiger partial charge >= 0.3 is 0 Å². The van der Waals surface area contributed by atoms with Gasteiger partial charge < -0.3 is 24.0 Å². The summed E-state index contributed by atoms with van der Waals surface area (Å²) in [6.07, 6.45) is 1.08. The SMILES string of the molecule is Clc1cccc(C2=[N+](Cc3ccccc3)CCc3ccccc32)c1.[I-]. The van der Waals surface area contributed by atoms with Gasteiger partial charge in [-0.05, 0) is 29.8 Å². The summed E-state index contributed by atoms with van der Waals surface area (Å²) in [5, 5.41) is 0.780. The molecule has 1 aliphatic heterocycles. The van der Waals surface area contributed by atoms with Gasteiger partial charge in [-0.25, -0.2) is 4.58 Å². The van der Waals surface area contributed by atoms with Crippen molar-refractivity contribution in [2.24, 2.45) is 0 Å². The third kappa shape index (κ3) is 3.96. The van der Waals surface area contributed by atoms with Gasteiger partial charge in [0, 0.05) is 28.1 Å². The van der Waals surface area contributed by atoms with Crippen LogP contribution in [-0.4, -0.2) is 16.8 Å². The fraction of sp³-hybridized carbons (Fsp3) is 0.136. The van der Waals surface area contributed by atoms with Gasteiger partial charge in [-0.2, -0.15) is 0 Å². The van der Waals surface area contributed by atoms with E-state index in [1.165, 1.54) is 28.0 Å². The largest absolute Gasteiger partial charge is 1.00 e. The minimum absolute atomic E-state index is 0. The van der Waals surface area contributed by atoms with Crippen LogP contribution in [0.2, 0.25) is 5.02 Å². The van der Waals surface area contributed by atoms with Crippen LogP contribution in [-0.2, 0) is 13.0 Å². The fourth-order valence-corrected chi connectivity index (χ4v) is 3.63. The van der Waals surface area contributed by atoms with Crippen molar-refractivity contribution in [3.05, 3.63) is 106 Å². The van der Waals surface area contributed by atoms with Crippen LogP contribution in [0.25, 0.3) is 0 Å². The molecule has 0 aromatic heterocycles. The van der Waals surface area contributed by atoms with Gasteiger partial charge in [0.1, 0.15) is 6.54 Å². The van der Waals surface area contributed by atoms with Gasteiger partial charge in [-0.3, -0.25) is 0 Å². The van der Waals surface area contributed by atoms with Crippen LogP contribution in [0.5, 0.6) is 0 Å². The summed E-state index contributed by atoms with van der Waals surface area (Å²) in [6.45, 7) is 1.94. The molecule has 1 nitrogen and oxygen atoms in total. The molecule has 0 saturated carbocycles. The average Bonchev–Trinajstić information content (AvgIpc) is 2.62. The van der Waals surface area contributed by atoms with E-state index >= 15 is 0 Å². The van der Waals surface area contributed by atoms with Gasteiger partial charge in [0.2, 0.25) is 5.71 Å². The summed E-state index contributed by atoms with van der Waals surface area (Å²) < 4.78 is 2.48. The molecule has 1 aliphatic rings. The number of rotatable bonds is 3. The summed E-state index contributed by atoms with van der Waals surface area (Å²) in [7, 11) is 0. The molecule has 126 valence electrons. The molecule has 3 aromatic rings. The van der Waals surface area contributed by atoms with Crippen LogP contribution in [0, 0.1) is 0 Å². The summed E-state index contributed by atoms with van der Waals surface area (Å²) in [4.78, 5) is 0. The molecule has 0 aliphatic carbocycles. The maximum Gasteiger partial charge on any atom is 0.215 e. The Morgan fingerprint density at radius 1 is 0.840 bits per heavy atom. The molecule has 0 unspecified atom stereocenters. The lowest BCUT2D eigenvalue weighted by Gasteiger charge is -2.19. The van der Waals surface area contributed by atoms with Crippen LogP contribution in [0.15, 0.2) is 78.9 Å². The molecular formula is C22H19ClIN. The second-order valence-electron chi connectivity index (χ2n) is 6.17. The molecule has 25 heavy (non-hydrogen) atoms. The zero-order valence-corrected chi connectivity index (χ0v) is 16.7. The minimum Gasteiger partial charge on any atom is -1.00 e. The Balaban J connectivity index is 0.00000182. The number of hydrogen-bond donors (Lipinski definition) is 0. The smallest absolute Gasteiger partial charge is 0.215 e. The first kappa shape index (κ1) is 18.2. The third-order valence-electron chi connectivity index (χ3n) is 4.55. The van der Waals surface area contributed by atoms with E-state index < -0.39 is 0 Å². The van der Waals surface area contributed by atoms with Gasteiger partial charge in [-0.15, -0.1) is 0 Å². The first-order valence-corrected chi connectivity index (χ1v) is 8.69. The molecule has 0 amide bonds. The number of fused-ring (bicyclic) bond motifs is 1. The molecule has 3 heteroatoms. The lowest BCUT2D eigenvalue weighted by atomic mass is 9.92. The highest BCUT2D eigenvalue weighted by atomic mass is 127. The zero-order valence-electron chi connectivity index (χ0n) is 13.8.